The molecule has 14 heavy (non-hydrogen) atoms. The zero-order valence-corrected chi connectivity index (χ0v) is 8.27. The number of nitrogens with zero attached hydrogens (tertiary/aromatic N) is 2. The molecule has 2 nitrogen and oxygen atoms in total. The average Bonchev–Trinajstić information content (AvgIpc) is 2.66. The van der Waals surface area contributed by atoms with Gasteiger partial charge in [0, 0.05) is 18.3 Å². The van der Waals surface area contributed by atoms with Crippen LogP contribution in [0.25, 0.3) is 11.3 Å². The summed E-state index contributed by atoms with van der Waals surface area (Å²) in [5.74, 6) is 0. The molecule has 0 spiro atoms. The van der Waals surface area contributed by atoms with E-state index in [-0.39, 0.29) is 0 Å². The number of benzene rings is 1. The highest BCUT2D eigenvalue weighted by atomic mass is 15.0. The molecule has 1 heterocycles. The molecule has 0 aliphatic carbocycles. The van der Waals surface area contributed by atoms with Crippen molar-refractivity contribution in [3.8, 4) is 11.3 Å². The molecular formula is C12H13N2. The molecule has 0 amide bonds. The first-order valence-electron chi connectivity index (χ1n) is 4.74. The van der Waals surface area contributed by atoms with Crippen molar-refractivity contribution in [2.75, 3.05) is 0 Å². The van der Waals surface area contributed by atoms with Gasteiger partial charge >= 0.3 is 0 Å². The lowest BCUT2D eigenvalue weighted by molar-refractivity contribution is 0.762. The van der Waals surface area contributed by atoms with Crippen LogP contribution >= 0.6 is 0 Å². The van der Waals surface area contributed by atoms with Gasteiger partial charge in [-0.1, -0.05) is 18.2 Å². The maximum absolute atomic E-state index is 4.33. The van der Waals surface area contributed by atoms with Gasteiger partial charge in [0.05, 0.1) is 12.0 Å². The van der Waals surface area contributed by atoms with Crippen molar-refractivity contribution >= 4 is 0 Å². The second kappa shape index (κ2) is 3.66. The second-order valence-corrected chi connectivity index (χ2v) is 3.29. The molecule has 1 aromatic heterocycles. The fourth-order valence-corrected chi connectivity index (χ4v) is 1.41. The van der Waals surface area contributed by atoms with Crippen molar-refractivity contribution in [3.05, 3.63) is 49.3 Å². The second-order valence-electron chi connectivity index (χ2n) is 3.29. The van der Waals surface area contributed by atoms with Crippen molar-refractivity contribution < 1.29 is 0 Å². The van der Waals surface area contributed by atoms with E-state index in [0.29, 0.717) is 0 Å². The highest BCUT2D eigenvalue weighted by Gasteiger charge is 2.00. The minimum atomic E-state index is 0.955. The lowest BCUT2D eigenvalue weighted by Crippen LogP contribution is -1.86. The first kappa shape index (κ1) is 9.00. The first-order valence-corrected chi connectivity index (χ1v) is 4.74. The Morgan fingerprint density at radius 1 is 1.43 bits per heavy atom. The highest BCUT2D eigenvalue weighted by molar-refractivity contribution is 5.59. The van der Waals surface area contributed by atoms with E-state index >= 15 is 0 Å². The van der Waals surface area contributed by atoms with Gasteiger partial charge in [-0.15, -0.1) is 0 Å². The quantitative estimate of drug-likeness (QED) is 0.703. The molecule has 1 radical (unpaired) electrons. The number of hydrogen-bond donors (Lipinski definition) is 0. The first-order chi connectivity index (χ1) is 6.79. The zero-order valence-electron chi connectivity index (χ0n) is 8.27. The summed E-state index contributed by atoms with van der Waals surface area (Å²) in [6.45, 7) is 6.95. The van der Waals surface area contributed by atoms with Gasteiger partial charge in [-0.25, -0.2) is 4.98 Å². The summed E-state index contributed by atoms with van der Waals surface area (Å²) in [6, 6.07) is 8.09. The highest BCUT2D eigenvalue weighted by Crippen LogP contribution is 2.17. The fraction of sp³-hybridized carbons (Fsp3) is 0.167. The number of aromatic nitrogens is 2. The minimum Gasteiger partial charge on any atom is -0.337 e. The molecule has 0 unspecified atom stereocenters. The van der Waals surface area contributed by atoms with Crippen molar-refractivity contribution in [2.45, 2.75) is 13.5 Å². The van der Waals surface area contributed by atoms with Gasteiger partial charge in [0.2, 0.25) is 0 Å². The third kappa shape index (κ3) is 1.69. The predicted molar refractivity (Wildman–Crippen MR) is 57.8 cm³/mol. The van der Waals surface area contributed by atoms with Crippen LogP contribution in [-0.2, 0) is 6.54 Å². The standard InChI is InChI=1S/C12H13N2/c1-3-14-8-12(13-9-14)11-6-4-5-10(2)7-11/h4-9H,2-3H2,1H3. The summed E-state index contributed by atoms with van der Waals surface area (Å²) in [6.07, 6.45) is 3.90. The van der Waals surface area contributed by atoms with Crippen LogP contribution in [-0.4, -0.2) is 9.55 Å². The molecule has 1 aromatic carbocycles. The van der Waals surface area contributed by atoms with Crippen LogP contribution in [0, 0.1) is 6.92 Å². The molecule has 2 aromatic rings. The van der Waals surface area contributed by atoms with Gasteiger partial charge < -0.3 is 4.57 Å². The molecule has 0 aliphatic heterocycles. The third-order valence-electron chi connectivity index (χ3n) is 2.22. The summed E-state index contributed by atoms with van der Waals surface area (Å²) < 4.78 is 2.06. The van der Waals surface area contributed by atoms with Crippen LogP contribution in [0.4, 0.5) is 0 Å². The fourth-order valence-electron chi connectivity index (χ4n) is 1.41. The van der Waals surface area contributed by atoms with E-state index in [0.717, 1.165) is 23.4 Å². The minimum absolute atomic E-state index is 0.955. The Hall–Kier alpha value is -1.57. The molecule has 2 heteroatoms. The summed E-state index contributed by atoms with van der Waals surface area (Å²) in [4.78, 5) is 4.33. The average molecular weight is 185 g/mol. The monoisotopic (exact) mass is 185 g/mol. The molecule has 71 valence electrons. The topological polar surface area (TPSA) is 17.8 Å². The van der Waals surface area contributed by atoms with Gasteiger partial charge in [0.15, 0.2) is 0 Å². The molecule has 0 atom stereocenters. The number of imidazole rings is 1. The summed E-state index contributed by atoms with van der Waals surface area (Å²) >= 11 is 0. The Bertz CT molecular complexity index is 429. The normalized spacial score (nSPS) is 10.4. The van der Waals surface area contributed by atoms with E-state index in [1.54, 1.807) is 0 Å². The Morgan fingerprint density at radius 3 is 2.93 bits per heavy atom. The third-order valence-corrected chi connectivity index (χ3v) is 2.22. The van der Waals surface area contributed by atoms with Crippen LogP contribution in [0.1, 0.15) is 12.5 Å². The van der Waals surface area contributed by atoms with Gasteiger partial charge in [0.25, 0.3) is 0 Å². The van der Waals surface area contributed by atoms with E-state index in [1.807, 2.05) is 24.5 Å². The smallest absolute Gasteiger partial charge is 0.0953 e. The molecular weight excluding hydrogens is 172 g/mol. The van der Waals surface area contributed by atoms with E-state index in [1.165, 1.54) is 0 Å². The van der Waals surface area contributed by atoms with Crippen LogP contribution in [0.15, 0.2) is 36.8 Å². The molecule has 0 saturated heterocycles. The van der Waals surface area contributed by atoms with Crippen LogP contribution in [0.5, 0.6) is 0 Å². The number of aryl methyl sites for hydroxylation is 1. The summed E-state index contributed by atoms with van der Waals surface area (Å²) in [5.41, 5.74) is 3.16. The molecule has 0 aliphatic rings. The van der Waals surface area contributed by atoms with Crippen molar-refractivity contribution in [2.24, 2.45) is 0 Å². The Balaban J connectivity index is 2.39. The Kier molecular flexibility index (Phi) is 2.35. The van der Waals surface area contributed by atoms with Crippen LogP contribution in [0.2, 0.25) is 0 Å². The van der Waals surface area contributed by atoms with Gasteiger partial charge in [-0.3, -0.25) is 0 Å². The van der Waals surface area contributed by atoms with Gasteiger partial charge in [0.1, 0.15) is 0 Å². The lowest BCUT2D eigenvalue weighted by Gasteiger charge is -1.97. The van der Waals surface area contributed by atoms with Crippen LogP contribution < -0.4 is 0 Å². The molecule has 0 N–H and O–H groups in total. The molecule has 0 saturated carbocycles. The summed E-state index contributed by atoms with van der Waals surface area (Å²) in [5, 5.41) is 0. The SMILES string of the molecule is [CH2]c1cccc(-c2cn(CC)cn2)c1. The largest absolute Gasteiger partial charge is 0.337 e. The molecule has 0 fully saturated rings. The predicted octanol–water partition coefficient (Wildman–Crippen LogP) is 2.75. The van der Waals surface area contributed by atoms with Crippen molar-refractivity contribution in [3.63, 3.8) is 0 Å². The van der Waals surface area contributed by atoms with E-state index in [4.69, 9.17) is 0 Å². The zero-order chi connectivity index (χ0) is 9.97. The van der Waals surface area contributed by atoms with E-state index < -0.39 is 0 Å². The maximum Gasteiger partial charge on any atom is 0.0953 e. The Morgan fingerprint density at radius 2 is 2.29 bits per heavy atom. The van der Waals surface area contributed by atoms with Crippen LogP contribution in [0.3, 0.4) is 0 Å². The molecule has 0 bridgehead atoms. The van der Waals surface area contributed by atoms with Gasteiger partial charge in [-0.2, -0.15) is 0 Å². The van der Waals surface area contributed by atoms with E-state index in [2.05, 4.69) is 35.7 Å². The van der Waals surface area contributed by atoms with Crippen molar-refractivity contribution in [1.82, 2.24) is 9.55 Å². The lowest BCUT2D eigenvalue weighted by atomic mass is 10.1. The number of hydrogen-bond acceptors (Lipinski definition) is 1. The molecule has 2 rings (SSSR count). The summed E-state index contributed by atoms with van der Waals surface area (Å²) in [7, 11) is 0. The van der Waals surface area contributed by atoms with Gasteiger partial charge in [-0.05, 0) is 25.5 Å². The maximum atomic E-state index is 4.33. The number of rotatable bonds is 2. The van der Waals surface area contributed by atoms with E-state index in [9.17, 15) is 0 Å². The van der Waals surface area contributed by atoms with Crippen molar-refractivity contribution in [1.29, 1.82) is 0 Å². The Labute approximate surface area is 84.2 Å².